The molecule has 0 bridgehead atoms. The van der Waals surface area contributed by atoms with Gasteiger partial charge in [-0.2, -0.15) is 0 Å². The van der Waals surface area contributed by atoms with Gasteiger partial charge >= 0.3 is 0 Å². The summed E-state index contributed by atoms with van der Waals surface area (Å²) in [5.74, 6) is 1.51. The molecule has 1 fully saturated rings. The maximum Gasteiger partial charge on any atom is 0.240 e. The van der Waals surface area contributed by atoms with Gasteiger partial charge < -0.3 is 15.4 Å². The molecule has 9 heteroatoms. The van der Waals surface area contributed by atoms with Crippen LogP contribution in [0.1, 0.15) is 30.9 Å². The Morgan fingerprint density at radius 3 is 2.43 bits per heavy atom. The second-order valence-corrected chi connectivity index (χ2v) is 8.61. The van der Waals surface area contributed by atoms with Crippen LogP contribution in [0.15, 0.2) is 58.4 Å². The molecule has 30 heavy (non-hydrogen) atoms. The summed E-state index contributed by atoms with van der Waals surface area (Å²) in [4.78, 5) is 4.88. The van der Waals surface area contributed by atoms with Gasteiger partial charge in [0.15, 0.2) is 5.96 Å². The standard InChI is InChI=1S/C21H28N4O3S.HI/c1-3-22-21(24-15-17-6-4-5-7-20(17)28-2)23-14-16-8-12-19(13-9-16)29(26,27)25-18-10-11-18;/h4-9,12-13,18,25H,3,10-11,14-15H2,1-2H3,(H2,22,23,24);1H. The molecule has 2 aromatic rings. The molecule has 3 rings (SSSR count). The number of ether oxygens (including phenoxy) is 1. The number of benzene rings is 2. The maximum absolute atomic E-state index is 12.2. The van der Waals surface area contributed by atoms with E-state index in [1.165, 1.54) is 0 Å². The molecule has 0 unspecified atom stereocenters. The van der Waals surface area contributed by atoms with E-state index in [0.717, 1.165) is 36.3 Å². The summed E-state index contributed by atoms with van der Waals surface area (Å²) in [7, 11) is -1.77. The van der Waals surface area contributed by atoms with E-state index in [2.05, 4.69) is 20.3 Å². The number of sulfonamides is 1. The van der Waals surface area contributed by atoms with Gasteiger partial charge in [0.2, 0.25) is 10.0 Å². The molecule has 3 N–H and O–H groups in total. The van der Waals surface area contributed by atoms with Crippen molar-refractivity contribution in [2.45, 2.75) is 43.8 Å². The van der Waals surface area contributed by atoms with Crippen LogP contribution in [0.5, 0.6) is 5.75 Å². The van der Waals surface area contributed by atoms with Gasteiger partial charge in [-0.25, -0.2) is 18.1 Å². The molecule has 0 amide bonds. The molecule has 0 radical (unpaired) electrons. The molecule has 0 heterocycles. The Morgan fingerprint density at radius 2 is 1.80 bits per heavy atom. The van der Waals surface area contributed by atoms with Crippen LogP contribution < -0.4 is 20.1 Å². The first-order chi connectivity index (χ1) is 14.0. The van der Waals surface area contributed by atoms with Gasteiger partial charge in [0.1, 0.15) is 5.75 Å². The molecule has 0 saturated heterocycles. The largest absolute Gasteiger partial charge is 0.496 e. The SMILES string of the molecule is CCNC(=NCc1ccc(S(=O)(=O)NC2CC2)cc1)NCc1ccccc1OC.I. The van der Waals surface area contributed by atoms with Gasteiger partial charge in [-0.1, -0.05) is 30.3 Å². The van der Waals surface area contributed by atoms with Crippen molar-refractivity contribution in [2.75, 3.05) is 13.7 Å². The number of hydrogen-bond acceptors (Lipinski definition) is 4. The monoisotopic (exact) mass is 544 g/mol. The van der Waals surface area contributed by atoms with Crippen molar-refractivity contribution in [3.05, 3.63) is 59.7 Å². The molecule has 164 valence electrons. The first-order valence-electron chi connectivity index (χ1n) is 9.77. The fraction of sp³-hybridized carbons (Fsp3) is 0.381. The summed E-state index contributed by atoms with van der Waals surface area (Å²) in [5.41, 5.74) is 1.98. The minimum atomic E-state index is -3.42. The third kappa shape index (κ3) is 7.13. The van der Waals surface area contributed by atoms with Crippen molar-refractivity contribution in [3.63, 3.8) is 0 Å². The van der Waals surface area contributed by atoms with Gasteiger partial charge in [0, 0.05) is 24.7 Å². The molecular weight excluding hydrogens is 515 g/mol. The second kappa shape index (κ2) is 11.5. The number of halogens is 1. The van der Waals surface area contributed by atoms with E-state index in [1.54, 1.807) is 31.4 Å². The predicted molar refractivity (Wildman–Crippen MR) is 130 cm³/mol. The number of methoxy groups -OCH3 is 1. The number of nitrogens with one attached hydrogen (secondary N) is 3. The molecular formula is C21H29IN4O3S. The maximum atomic E-state index is 12.2. The smallest absolute Gasteiger partial charge is 0.240 e. The van der Waals surface area contributed by atoms with E-state index in [9.17, 15) is 8.42 Å². The molecule has 1 aliphatic rings. The van der Waals surface area contributed by atoms with Crippen LogP contribution in [0.25, 0.3) is 0 Å². The first-order valence-corrected chi connectivity index (χ1v) is 11.3. The Morgan fingerprint density at radius 1 is 1.10 bits per heavy atom. The lowest BCUT2D eigenvalue weighted by Crippen LogP contribution is -2.36. The Balaban J connectivity index is 0.00000320. The molecule has 0 aromatic heterocycles. The zero-order valence-electron chi connectivity index (χ0n) is 17.2. The van der Waals surface area contributed by atoms with Crippen molar-refractivity contribution in [3.8, 4) is 5.75 Å². The van der Waals surface area contributed by atoms with Gasteiger partial charge in [-0.3, -0.25) is 0 Å². The number of rotatable bonds is 9. The van der Waals surface area contributed by atoms with E-state index in [-0.39, 0.29) is 30.0 Å². The minimum absolute atomic E-state index is 0. The average Bonchev–Trinajstić information content (AvgIpc) is 3.54. The highest BCUT2D eigenvalue weighted by atomic mass is 127. The summed E-state index contributed by atoms with van der Waals surface area (Å²) in [6.45, 7) is 3.77. The topological polar surface area (TPSA) is 91.8 Å². The van der Waals surface area contributed by atoms with Crippen molar-refractivity contribution >= 4 is 40.0 Å². The summed E-state index contributed by atoms with van der Waals surface area (Å²) in [6.07, 6.45) is 1.84. The van der Waals surface area contributed by atoms with E-state index in [1.807, 2.05) is 31.2 Å². The van der Waals surface area contributed by atoms with Gasteiger partial charge in [-0.05, 0) is 43.5 Å². The normalized spacial score (nSPS) is 14.0. The van der Waals surface area contributed by atoms with E-state index >= 15 is 0 Å². The lowest BCUT2D eigenvalue weighted by Gasteiger charge is -2.13. The fourth-order valence-electron chi connectivity index (χ4n) is 2.80. The molecule has 0 aliphatic heterocycles. The van der Waals surface area contributed by atoms with E-state index < -0.39 is 10.0 Å². The molecule has 1 saturated carbocycles. The van der Waals surface area contributed by atoms with Crippen molar-refractivity contribution < 1.29 is 13.2 Å². The van der Waals surface area contributed by atoms with E-state index in [4.69, 9.17) is 4.74 Å². The lowest BCUT2D eigenvalue weighted by molar-refractivity contribution is 0.409. The second-order valence-electron chi connectivity index (χ2n) is 6.90. The highest BCUT2D eigenvalue weighted by Gasteiger charge is 2.27. The highest BCUT2D eigenvalue weighted by molar-refractivity contribution is 14.0. The summed E-state index contributed by atoms with van der Waals surface area (Å²) >= 11 is 0. The van der Waals surface area contributed by atoms with Crippen LogP contribution in [-0.4, -0.2) is 34.1 Å². The molecule has 7 nitrogen and oxygen atoms in total. The Hall–Kier alpha value is -1.85. The number of para-hydroxylation sites is 1. The Kier molecular flexibility index (Phi) is 9.37. The minimum Gasteiger partial charge on any atom is -0.496 e. The summed E-state index contributed by atoms with van der Waals surface area (Å²) in [6, 6.07) is 14.8. The average molecular weight is 544 g/mol. The number of aliphatic imine (C=N–C) groups is 1. The number of guanidine groups is 1. The Bertz CT molecular complexity index is 945. The summed E-state index contributed by atoms with van der Waals surface area (Å²) < 4.78 is 32.6. The first kappa shape index (κ1) is 24.4. The van der Waals surface area contributed by atoms with Crippen LogP contribution in [0.2, 0.25) is 0 Å². The number of hydrogen-bond donors (Lipinski definition) is 3. The lowest BCUT2D eigenvalue weighted by atomic mass is 10.2. The van der Waals surface area contributed by atoms with Crippen LogP contribution >= 0.6 is 24.0 Å². The van der Waals surface area contributed by atoms with Crippen LogP contribution in [0.4, 0.5) is 0 Å². The van der Waals surface area contributed by atoms with Crippen molar-refractivity contribution in [2.24, 2.45) is 4.99 Å². The molecule has 0 spiro atoms. The van der Waals surface area contributed by atoms with Crippen LogP contribution in [0, 0.1) is 0 Å². The van der Waals surface area contributed by atoms with Gasteiger partial charge in [0.25, 0.3) is 0 Å². The predicted octanol–water partition coefficient (Wildman–Crippen LogP) is 3.01. The zero-order chi connectivity index (χ0) is 20.7. The molecule has 1 aliphatic carbocycles. The van der Waals surface area contributed by atoms with Crippen LogP contribution in [-0.2, 0) is 23.1 Å². The van der Waals surface area contributed by atoms with E-state index in [0.29, 0.717) is 23.9 Å². The zero-order valence-corrected chi connectivity index (χ0v) is 20.4. The van der Waals surface area contributed by atoms with Crippen molar-refractivity contribution in [1.29, 1.82) is 0 Å². The third-order valence-corrected chi connectivity index (χ3v) is 6.07. The third-order valence-electron chi connectivity index (χ3n) is 4.54. The van der Waals surface area contributed by atoms with Crippen molar-refractivity contribution in [1.82, 2.24) is 15.4 Å². The molecule has 0 atom stereocenters. The van der Waals surface area contributed by atoms with Gasteiger partial charge in [-0.15, -0.1) is 24.0 Å². The summed E-state index contributed by atoms with van der Waals surface area (Å²) in [5, 5.41) is 6.52. The fourth-order valence-corrected chi connectivity index (χ4v) is 4.11. The number of nitrogens with zero attached hydrogens (tertiary/aromatic N) is 1. The van der Waals surface area contributed by atoms with Crippen LogP contribution in [0.3, 0.4) is 0 Å². The quantitative estimate of drug-likeness (QED) is 0.257. The Labute approximate surface area is 195 Å². The van der Waals surface area contributed by atoms with Gasteiger partial charge in [0.05, 0.1) is 18.6 Å². The highest BCUT2D eigenvalue weighted by Crippen LogP contribution is 2.22. The molecule has 2 aromatic carbocycles.